The summed E-state index contributed by atoms with van der Waals surface area (Å²) in [5, 5.41) is 22.8. The van der Waals surface area contributed by atoms with E-state index in [0.717, 1.165) is 12.1 Å². The van der Waals surface area contributed by atoms with Crippen molar-refractivity contribution in [1.29, 1.82) is 0 Å². The van der Waals surface area contributed by atoms with E-state index in [9.17, 15) is 40.6 Å². The number of aliphatic imine (C=N–C) groups is 1. The first-order valence-corrected chi connectivity index (χ1v) is 16.6. The van der Waals surface area contributed by atoms with Crippen LogP contribution in [0.5, 0.6) is 0 Å². The largest absolute Gasteiger partial charge is 0.405 e. The van der Waals surface area contributed by atoms with E-state index in [2.05, 4.69) is 42.6 Å². The van der Waals surface area contributed by atoms with Crippen LogP contribution in [0, 0.1) is 35.3 Å². The maximum Gasteiger partial charge on any atom is 0.405 e. The summed E-state index contributed by atoms with van der Waals surface area (Å²) in [6, 6.07) is 7.11. The Balaban J connectivity index is 1.45. The number of amides is 1. The van der Waals surface area contributed by atoms with Crippen LogP contribution in [-0.4, -0.2) is 73.5 Å². The Kier molecular flexibility index (Phi) is 10.3. The van der Waals surface area contributed by atoms with Crippen molar-refractivity contribution >= 4 is 23.2 Å². The van der Waals surface area contributed by atoms with Crippen molar-refractivity contribution in [1.82, 2.24) is 24.9 Å². The third-order valence-electron chi connectivity index (χ3n) is 8.75. The van der Waals surface area contributed by atoms with E-state index in [-0.39, 0.29) is 52.5 Å². The van der Waals surface area contributed by atoms with E-state index in [1.165, 1.54) is 48.7 Å². The quantitative estimate of drug-likeness (QED) is 0.118. The van der Waals surface area contributed by atoms with Crippen LogP contribution < -0.4 is 16.4 Å². The minimum absolute atomic E-state index is 0.00602. The number of alkyl halides is 7. The van der Waals surface area contributed by atoms with Crippen LogP contribution >= 0.6 is 0 Å². The number of fused-ring (bicyclic) bond motifs is 2. The average molecular weight is 779 g/mol. The predicted molar refractivity (Wildman–Crippen MR) is 181 cm³/mol. The molecule has 0 saturated heterocycles. The summed E-state index contributed by atoms with van der Waals surface area (Å²) >= 11 is 0. The first-order chi connectivity index (χ1) is 25.7. The van der Waals surface area contributed by atoms with E-state index < -0.39 is 89.6 Å². The standard InChI is InChI=1S/C36H31F9N8O2/c1-34(2,55)8-7-20-5-6-21(22-4-3-9-53-32(22)51-52-33(53)48-16-35(41,42)43)29(49-20)25(12-17-10-18(37)13-19(38)11-17)50-26(54)15-47-30-27(28(46)31(39)40)23-14-24(23)36(30,44)45/h3-6,9-11,13,23-25,31,55H,12,14-16,46H2,1-2H3,(H,48,52)(H,50,54). The van der Waals surface area contributed by atoms with Crippen LogP contribution in [0.15, 0.2) is 64.9 Å². The van der Waals surface area contributed by atoms with E-state index in [0.29, 0.717) is 6.07 Å². The zero-order valence-corrected chi connectivity index (χ0v) is 28.8. The van der Waals surface area contributed by atoms with Crippen molar-refractivity contribution in [3.63, 3.8) is 0 Å². The molecule has 5 N–H and O–H groups in total. The van der Waals surface area contributed by atoms with Crippen LogP contribution in [0.25, 0.3) is 16.8 Å². The van der Waals surface area contributed by atoms with Gasteiger partial charge in [-0.15, -0.1) is 10.2 Å². The summed E-state index contributed by atoms with van der Waals surface area (Å²) in [6.07, 6.45) is -6.91. The third-order valence-corrected chi connectivity index (χ3v) is 8.75. The maximum atomic E-state index is 15.2. The Morgan fingerprint density at radius 2 is 1.82 bits per heavy atom. The molecule has 4 aromatic rings. The van der Waals surface area contributed by atoms with Gasteiger partial charge in [-0.1, -0.05) is 5.92 Å². The van der Waals surface area contributed by atoms with Gasteiger partial charge in [-0.05, 0) is 80.5 Å². The number of rotatable bonds is 10. The molecule has 3 heterocycles. The highest BCUT2D eigenvalue weighted by Crippen LogP contribution is 2.62. The molecule has 10 nitrogen and oxygen atoms in total. The Bertz CT molecular complexity index is 2250. The molecule has 1 aromatic carbocycles. The fraction of sp³-hybridized carbons (Fsp3) is 0.361. The molecule has 3 atom stereocenters. The Morgan fingerprint density at radius 3 is 2.47 bits per heavy atom. The van der Waals surface area contributed by atoms with Gasteiger partial charge in [0, 0.05) is 34.9 Å². The van der Waals surface area contributed by atoms with E-state index in [4.69, 9.17) is 5.73 Å². The number of benzene rings is 1. The summed E-state index contributed by atoms with van der Waals surface area (Å²) in [4.78, 5) is 21.9. The smallest absolute Gasteiger partial charge is 0.397 e. The summed E-state index contributed by atoms with van der Waals surface area (Å²) in [6.45, 7) is 0.379. The first kappa shape index (κ1) is 39.1. The van der Waals surface area contributed by atoms with Gasteiger partial charge in [0.25, 0.3) is 12.3 Å². The molecule has 3 aromatic heterocycles. The van der Waals surface area contributed by atoms with Crippen LogP contribution in [0.4, 0.5) is 45.5 Å². The van der Waals surface area contributed by atoms with E-state index in [1.54, 1.807) is 0 Å². The van der Waals surface area contributed by atoms with Crippen molar-refractivity contribution < 1.29 is 49.4 Å². The van der Waals surface area contributed by atoms with Crippen molar-refractivity contribution in [3.8, 4) is 23.0 Å². The molecule has 6 rings (SSSR count). The molecule has 290 valence electrons. The lowest BCUT2D eigenvalue weighted by atomic mass is 9.95. The third kappa shape index (κ3) is 8.69. The fourth-order valence-corrected chi connectivity index (χ4v) is 6.36. The van der Waals surface area contributed by atoms with Crippen molar-refractivity contribution in [2.75, 3.05) is 18.4 Å². The van der Waals surface area contributed by atoms with Crippen LogP contribution in [0.1, 0.15) is 43.3 Å². The molecule has 19 heteroatoms. The second-order valence-corrected chi connectivity index (χ2v) is 13.6. The Hall–Kier alpha value is -5.64. The molecule has 2 aliphatic rings. The number of nitrogens with one attached hydrogen (secondary N) is 2. The second kappa shape index (κ2) is 14.5. The number of hydrogen-bond donors (Lipinski definition) is 4. The monoisotopic (exact) mass is 778 g/mol. The molecule has 0 spiro atoms. The molecular weight excluding hydrogens is 747 g/mol. The number of allylic oxidation sites excluding steroid dienone is 2. The molecule has 2 aliphatic carbocycles. The Morgan fingerprint density at radius 1 is 1.11 bits per heavy atom. The lowest BCUT2D eigenvalue weighted by Crippen LogP contribution is -2.35. The first-order valence-electron chi connectivity index (χ1n) is 16.6. The number of nitrogens with two attached hydrogens (primary N) is 1. The number of nitrogens with zero attached hydrogens (tertiary/aromatic N) is 5. The minimum Gasteiger partial charge on any atom is -0.397 e. The van der Waals surface area contributed by atoms with Gasteiger partial charge in [-0.3, -0.25) is 14.2 Å². The van der Waals surface area contributed by atoms with Gasteiger partial charge >= 0.3 is 6.18 Å². The number of pyridine rings is 2. The highest BCUT2D eigenvalue weighted by Gasteiger charge is 2.67. The topological polar surface area (TPSA) is 143 Å². The molecule has 55 heavy (non-hydrogen) atoms. The number of halogens is 9. The predicted octanol–water partition coefficient (Wildman–Crippen LogP) is 5.77. The normalized spacial score (nSPS) is 19.9. The summed E-state index contributed by atoms with van der Waals surface area (Å²) in [5.41, 5.74) is 1.84. The molecule has 1 amide bonds. The molecule has 0 radical (unpaired) electrons. The van der Waals surface area contributed by atoms with Crippen molar-refractivity contribution in [2.45, 2.75) is 56.9 Å². The summed E-state index contributed by atoms with van der Waals surface area (Å²) in [7, 11) is 0. The SMILES string of the molecule is CC(C)(O)C#Cc1ccc(-c2cccn3c(NCC(F)(F)F)nnc23)c(C(Cc2cc(F)cc(F)c2)NC(=O)CN=C2C(=C(N)C(F)F)C3CC3C2(F)F)n1. The number of carbonyl (C=O) groups excluding carboxylic acids is 1. The van der Waals surface area contributed by atoms with Gasteiger partial charge in [0.2, 0.25) is 11.9 Å². The number of carbonyl (C=O) groups is 1. The zero-order valence-electron chi connectivity index (χ0n) is 28.8. The average Bonchev–Trinajstić information content (AvgIpc) is 3.72. The molecular formula is C36H31F9N8O2. The maximum absolute atomic E-state index is 15.2. The van der Waals surface area contributed by atoms with Crippen LogP contribution in [0.2, 0.25) is 0 Å². The van der Waals surface area contributed by atoms with Gasteiger partial charge in [-0.25, -0.2) is 22.5 Å². The summed E-state index contributed by atoms with van der Waals surface area (Å²) in [5.74, 6) is -3.80. The summed E-state index contributed by atoms with van der Waals surface area (Å²) < 4.78 is 126. The number of anilines is 1. The second-order valence-electron chi connectivity index (χ2n) is 13.6. The molecule has 0 aliphatic heterocycles. The molecule has 3 unspecified atom stereocenters. The lowest BCUT2D eigenvalue weighted by molar-refractivity contribution is -0.120. The van der Waals surface area contributed by atoms with Crippen molar-refractivity contribution in [2.24, 2.45) is 22.6 Å². The molecule has 0 bridgehead atoms. The van der Waals surface area contributed by atoms with Gasteiger partial charge in [-0.2, -0.15) is 22.0 Å². The lowest BCUT2D eigenvalue weighted by Gasteiger charge is -2.22. The number of aliphatic hydroxyl groups is 1. The molecule has 2 saturated carbocycles. The molecule has 2 fully saturated rings. The minimum atomic E-state index is -4.59. The van der Waals surface area contributed by atoms with Crippen molar-refractivity contribution in [3.05, 3.63) is 88.5 Å². The van der Waals surface area contributed by atoms with E-state index >= 15 is 8.78 Å². The fourth-order valence-electron chi connectivity index (χ4n) is 6.36. The van der Waals surface area contributed by atoms with E-state index in [1.807, 2.05) is 0 Å². The van der Waals surface area contributed by atoms with Gasteiger partial charge in [0.15, 0.2) is 5.65 Å². The van der Waals surface area contributed by atoms with Gasteiger partial charge in [0.05, 0.1) is 17.4 Å². The van der Waals surface area contributed by atoms with Crippen LogP contribution in [-0.2, 0) is 11.2 Å². The highest BCUT2D eigenvalue weighted by atomic mass is 19.4. The number of hydrogen-bond acceptors (Lipinski definition) is 8. The zero-order chi connectivity index (χ0) is 40.0. The number of aromatic nitrogens is 4. The van der Waals surface area contributed by atoms with Gasteiger partial charge < -0.3 is 21.5 Å². The van der Waals surface area contributed by atoms with Crippen LogP contribution in [0.3, 0.4) is 0 Å². The highest BCUT2D eigenvalue weighted by molar-refractivity contribution is 6.11. The van der Waals surface area contributed by atoms with Gasteiger partial charge in [0.1, 0.15) is 41.7 Å². The Labute approximate surface area is 306 Å².